The highest BCUT2D eigenvalue weighted by Gasteiger charge is 2.27. The van der Waals surface area contributed by atoms with Gasteiger partial charge in [-0.25, -0.2) is 14.6 Å². The molecule has 0 radical (unpaired) electrons. The lowest BCUT2D eigenvalue weighted by Gasteiger charge is -2.20. The van der Waals surface area contributed by atoms with Gasteiger partial charge in [0, 0.05) is 7.05 Å². The fraction of sp³-hybridized carbons (Fsp3) is 0.647. The normalized spacial score (nSPS) is 12.7. The van der Waals surface area contributed by atoms with E-state index in [1.807, 2.05) is 0 Å². The lowest BCUT2D eigenvalue weighted by molar-refractivity contribution is -0.914. The van der Waals surface area contributed by atoms with Crippen molar-refractivity contribution in [2.75, 3.05) is 20.2 Å². The molecule has 1 atom stereocenters. The van der Waals surface area contributed by atoms with Crippen LogP contribution in [0.25, 0.3) is 11.2 Å². The van der Waals surface area contributed by atoms with Crippen molar-refractivity contribution >= 4 is 17.1 Å². The molecular weight excluding hydrogens is 338 g/mol. The Balaban J connectivity index is 2.69. The monoisotopic (exact) mass is 366 g/mol. The molecule has 0 bridgehead atoms. The molecule has 144 valence electrons. The minimum atomic E-state index is -0.719. The highest BCUT2D eigenvalue weighted by molar-refractivity contribution is 5.78. The number of quaternary nitrogens is 1. The van der Waals surface area contributed by atoms with Crippen LogP contribution in [0.3, 0.4) is 0 Å². The predicted molar refractivity (Wildman–Crippen MR) is 97.3 cm³/mol. The fourth-order valence-corrected chi connectivity index (χ4v) is 3.30. The molecule has 9 nitrogen and oxygen atoms in total. The van der Waals surface area contributed by atoms with Crippen molar-refractivity contribution in [1.82, 2.24) is 19.1 Å². The number of nitrogens with one attached hydrogen (secondary N) is 2. The number of nitrogens with zero attached hydrogens (tertiary/aromatic N) is 3. The molecule has 0 saturated heterocycles. The number of methoxy groups -OCH3 is 1. The number of aromatic amines is 1. The maximum Gasteiger partial charge on any atom is 0.329 e. The standard InChI is InChI=1S/C17H27N5O4/c1-6-8-21(9-7-2)10-12-18-14-13(15(23)19-17(25)20(14)4)22(12)11(3)16(24)26-5/h11H,6-10H2,1-5H3,(H,19,23,25)/p+1/t11-/m1/s1. The van der Waals surface area contributed by atoms with Crippen LogP contribution in [-0.2, 0) is 23.1 Å². The molecular formula is C17H28N5O4+. The molecule has 0 aliphatic heterocycles. The van der Waals surface area contributed by atoms with Crippen LogP contribution in [0.2, 0.25) is 0 Å². The number of H-pyrrole nitrogens is 1. The minimum Gasteiger partial charge on any atom is -0.467 e. The second-order valence-corrected chi connectivity index (χ2v) is 6.51. The molecule has 0 aromatic carbocycles. The summed E-state index contributed by atoms with van der Waals surface area (Å²) in [6.07, 6.45) is 2.03. The Labute approximate surface area is 151 Å². The highest BCUT2D eigenvalue weighted by Crippen LogP contribution is 2.18. The van der Waals surface area contributed by atoms with Crippen molar-refractivity contribution in [2.45, 2.75) is 46.2 Å². The summed E-state index contributed by atoms with van der Waals surface area (Å²) in [7, 11) is 2.86. The van der Waals surface area contributed by atoms with Crippen LogP contribution >= 0.6 is 0 Å². The zero-order valence-corrected chi connectivity index (χ0v) is 16.1. The summed E-state index contributed by atoms with van der Waals surface area (Å²) in [6, 6.07) is -0.719. The maximum atomic E-state index is 12.4. The average Bonchev–Trinajstić information content (AvgIpc) is 2.98. The van der Waals surface area contributed by atoms with Crippen LogP contribution in [0.1, 0.15) is 45.5 Å². The first-order valence-electron chi connectivity index (χ1n) is 8.97. The molecule has 26 heavy (non-hydrogen) atoms. The molecule has 2 aromatic rings. The molecule has 0 spiro atoms. The minimum absolute atomic E-state index is 0.215. The van der Waals surface area contributed by atoms with Gasteiger partial charge in [0.25, 0.3) is 5.56 Å². The van der Waals surface area contributed by atoms with Crippen LogP contribution < -0.4 is 16.1 Å². The van der Waals surface area contributed by atoms with E-state index < -0.39 is 23.3 Å². The number of ether oxygens (including phenoxy) is 1. The van der Waals surface area contributed by atoms with Crippen LogP contribution in [0.5, 0.6) is 0 Å². The molecule has 2 heterocycles. The molecule has 0 aliphatic rings. The summed E-state index contributed by atoms with van der Waals surface area (Å²) in [5, 5.41) is 0. The summed E-state index contributed by atoms with van der Waals surface area (Å²) >= 11 is 0. The number of fused-ring (bicyclic) bond motifs is 1. The third-order valence-corrected chi connectivity index (χ3v) is 4.57. The van der Waals surface area contributed by atoms with E-state index in [0.717, 1.165) is 25.9 Å². The lowest BCUT2D eigenvalue weighted by Crippen LogP contribution is -3.10. The second-order valence-electron chi connectivity index (χ2n) is 6.51. The Kier molecular flexibility index (Phi) is 6.36. The van der Waals surface area contributed by atoms with Crippen molar-refractivity contribution in [1.29, 1.82) is 0 Å². The van der Waals surface area contributed by atoms with E-state index >= 15 is 0 Å². The molecule has 2 aromatic heterocycles. The van der Waals surface area contributed by atoms with E-state index in [-0.39, 0.29) is 11.2 Å². The van der Waals surface area contributed by atoms with Gasteiger partial charge in [0.1, 0.15) is 12.6 Å². The number of rotatable bonds is 8. The molecule has 0 aliphatic carbocycles. The van der Waals surface area contributed by atoms with Crippen molar-refractivity contribution in [3.8, 4) is 0 Å². The number of aryl methyl sites for hydroxylation is 1. The SMILES string of the molecule is CCC[NH+](CCC)Cc1nc2c(c(=O)[nH]c(=O)n2C)n1[C@H](C)C(=O)OC. The Morgan fingerprint density at radius 2 is 1.88 bits per heavy atom. The topological polar surface area (TPSA) is 103 Å². The van der Waals surface area contributed by atoms with E-state index in [1.54, 1.807) is 18.5 Å². The summed E-state index contributed by atoms with van der Waals surface area (Å²) in [5.74, 6) is 0.132. The molecule has 0 fully saturated rings. The molecule has 9 heteroatoms. The van der Waals surface area contributed by atoms with E-state index in [0.29, 0.717) is 12.4 Å². The number of carbonyl (C=O) groups is 1. The van der Waals surface area contributed by atoms with Gasteiger partial charge in [0.2, 0.25) is 0 Å². The van der Waals surface area contributed by atoms with Gasteiger partial charge >= 0.3 is 11.7 Å². The van der Waals surface area contributed by atoms with E-state index in [2.05, 4.69) is 23.8 Å². The number of hydrogen-bond acceptors (Lipinski definition) is 5. The summed E-state index contributed by atoms with van der Waals surface area (Å²) in [5.41, 5.74) is -0.593. The Morgan fingerprint density at radius 3 is 2.42 bits per heavy atom. The van der Waals surface area contributed by atoms with Gasteiger partial charge < -0.3 is 14.2 Å². The number of carbonyl (C=O) groups excluding carboxylic acids is 1. The average molecular weight is 366 g/mol. The van der Waals surface area contributed by atoms with Crippen LogP contribution in [0.4, 0.5) is 0 Å². The summed E-state index contributed by atoms with van der Waals surface area (Å²) in [6.45, 7) is 8.37. The molecule has 2 rings (SSSR count). The Bertz CT molecular complexity index is 889. The van der Waals surface area contributed by atoms with E-state index in [9.17, 15) is 14.4 Å². The predicted octanol–water partition coefficient (Wildman–Crippen LogP) is -0.638. The number of imidazole rings is 1. The quantitative estimate of drug-likeness (QED) is 0.605. The number of hydrogen-bond donors (Lipinski definition) is 2. The molecule has 0 amide bonds. The van der Waals surface area contributed by atoms with Gasteiger partial charge in [0.05, 0.1) is 20.2 Å². The van der Waals surface area contributed by atoms with Crippen LogP contribution in [0.15, 0.2) is 9.59 Å². The second kappa shape index (κ2) is 8.31. The zero-order chi connectivity index (χ0) is 19.4. The first-order valence-corrected chi connectivity index (χ1v) is 8.97. The summed E-state index contributed by atoms with van der Waals surface area (Å²) < 4.78 is 7.75. The molecule has 0 saturated carbocycles. The van der Waals surface area contributed by atoms with Gasteiger partial charge in [0.15, 0.2) is 17.0 Å². The lowest BCUT2D eigenvalue weighted by atomic mass is 10.3. The number of esters is 1. The zero-order valence-electron chi connectivity index (χ0n) is 16.1. The van der Waals surface area contributed by atoms with E-state index in [1.165, 1.54) is 16.6 Å². The highest BCUT2D eigenvalue weighted by atomic mass is 16.5. The van der Waals surface area contributed by atoms with Gasteiger partial charge in [-0.05, 0) is 19.8 Å². The van der Waals surface area contributed by atoms with Crippen molar-refractivity contribution in [2.24, 2.45) is 7.05 Å². The van der Waals surface area contributed by atoms with E-state index in [4.69, 9.17) is 4.74 Å². The van der Waals surface area contributed by atoms with Crippen molar-refractivity contribution < 1.29 is 14.4 Å². The Morgan fingerprint density at radius 1 is 1.27 bits per heavy atom. The van der Waals surface area contributed by atoms with Crippen molar-refractivity contribution in [3.05, 3.63) is 26.7 Å². The Hall–Kier alpha value is -2.42. The van der Waals surface area contributed by atoms with Crippen LogP contribution in [0, 0.1) is 0 Å². The van der Waals surface area contributed by atoms with Gasteiger partial charge in [-0.2, -0.15) is 0 Å². The van der Waals surface area contributed by atoms with Gasteiger partial charge in [-0.15, -0.1) is 0 Å². The fourth-order valence-electron chi connectivity index (χ4n) is 3.30. The maximum absolute atomic E-state index is 12.4. The number of aromatic nitrogens is 4. The van der Waals surface area contributed by atoms with Crippen LogP contribution in [-0.4, -0.2) is 45.3 Å². The largest absolute Gasteiger partial charge is 0.467 e. The third kappa shape index (κ3) is 3.72. The van der Waals surface area contributed by atoms with Gasteiger partial charge in [-0.3, -0.25) is 14.3 Å². The molecule has 2 N–H and O–H groups in total. The molecule has 0 unspecified atom stereocenters. The first-order chi connectivity index (χ1) is 12.3. The van der Waals surface area contributed by atoms with Gasteiger partial charge in [-0.1, -0.05) is 13.8 Å². The van der Waals surface area contributed by atoms with Crippen molar-refractivity contribution in [3.63, 3.8) is 0 Å². The summed E-state index contributed by atoms with van der Waals surface area (Å²) in [4.78, 5) is 44.7. The smallest absolute Gasteiger partial charge is 0.329 e. The third-order valence-electron chi connectivity index (χ3n) is 4.57. The first kappa shape index (κ1) is 19.9.